The van der Waals surface area contributed by atoms with E-state index in [1.165, 1.54) is 11.3 Å². The first-order valence-electron chi connectivity index (χ1n) is 35.3. The largest absolute Gasteiger partial charge is 0.460 e. The molecular formula is C74H140N6O15. The average Bonchev–Trinajstić information content (AvgIpc) is 0.782. The fraction of sp³-hybridized carbons (Fsp3) is 0.811. The predicted octanol–water partition coefficient (Wildman–Crippen LogP) is 9.00. The Morgan fingerprint density at radius 2 is 1.40 bits per heavy atom. The maximum absolute atomic E-state index is 14.4. The molecule has 2 bridgehead atoms. The molecule has 21 heteroatoms. The Kier molecular flexibility index (Phi) is 55.2. The van der Waals surface area contributed by atoms with Crippen molar-refractivity contribution in [2.75, 3.05) is 137 Å². The van der Waals surface area contributed by atoms with E-state index in [9.17, 15) is 29.4 Å². The van der Waals surface area contributed by atoms with Gasteiger partial charge in [-0.2, -0.15) is 0 Å². The number of carbonyl (C=O) groups is 4. The highest BCUT2D eigenvalue weighted by Crippen LogP contribution is 2.38. The molecule has 0 aromatic heterocycles. The number of likely N-dealkylation sites (N-methyl/N-ethyl adjacent to an activating group) is 4. The van der Waals surface area contributed by atoms with Gasteiger partial charge in [-0.15, -0.1) is 0 Å². The van der Waals surface area contributed by atoms with E-state index in [4.69, 9.17) is 42.6 Å². The van der Waals surface area contributed by atoms with Crippen molar-refractivity contribution in [1.29, 1.82) is 0 Å². The summed E-state index contributed by atoms with van der Waals surface area (Å²) in [7, 11) is 19.6. The zero-order valence-corrected chi connectivity index (χ0v) is 63.5. The molecule has 4 aliphatic rings. The van der Waals surface area contributed by atoms with Gasteiger partial charge in [0.1, 0.15) is 30.1 Å². The summed E-state index contributed by atoms with van der Waals surface area (Å²) in [6, 6.07) is -0.859. The summed E-state index contributed by atoms with van der Waals surface area (Å²) in [5.74, 6) is -6.46. The smallest absolute Gasteiger partial charge is 0.329 e. The Balaban J connectivity index is 0. The molecule has 0 spiro atoms. The minimum absolute atomic E-state index is 0.0124. The van der Waals surface area contributed by atoms with Crippen molar-refractivity contribution in [1.82, 2.24) is 31.5 Å². The molecule has 95 heavy (non-hydrogen) atoms. The van der Waals surface area contributed by atoms with E-state index in [1.807, 2.05) is 94.2 Å². The van der Waals surface area contributed by atoms with E-state index in [0.717, 1.165) is 76.2 Å². The van der Waals surface area contributed by atoms with Gasteiger partial charge in [0.2, 0.25) is 5.79 Å². The number of ether oxygens (including phenoxy) is 9. The van der Waals surface area contributed by atoms with E-state index >= 15 is 0 Å². The van der Waals surface area contributed by atoms with E-state index in [-0.39, 0.29) is 67.1 Å². The van der Waals surface area contributed by atoms with Gasteiger partial charge in [-0.05, 0) is 174 Å². The van der Waals surface area contributed by atoms with E-state index in [1.54, 1.807) is 69.5 Å². The molecule has 3 aliphatic heterocycles. The number of ketones is 2. The fourth-order valence-electron chi connectivity index (χ4n) is 11.8. The van der Waals surface area contributed by atoms with Crippen LogP contribution in [0.15, 0.2) is 59.8 Å². The number of Topliss-reactive ketones (excluding diaryl/α,β-unsaturated/α-hetero) is 2. The highest BCUT2D eigenvalue weighted by molar-refractivity contribution is 6.39. The number of allylic oxidation sites excluding steroid dienone is 6. The van der Waals surface area contributed by atoms with E-state index in [2.05, 4.69) is 60.0 Å². The second-order valence-corrected chi connectivity index (χ2v) is 25.6. The number of aliphatic hydroxyl groups excluding tert-OH is 1. The second-order valence-electron chi connectivity index (χ2n) is 25.6. The standard InChI is InChI=1S/C53H84N2O11.C6H15NO2.C5H13NO.C4H11NO.C4H11N.C2H6/c1-32-18-14-13-15-19-33(2)45(62-10)30-41-23-21-38(7)53(61,66-41)50(58)51(59)55-25-17-16-20-43(55)52(60)65-46(36(5)28-40-22-24-42(54-9)47(29-40)63-11)31-44(56)35(4)27-37(6)48(57)49(64-12)39(8)34(3)26-32;1-7-3-4-9-6-5-8-2;1-5(7-3)4-6-2;1-5-3-4-6-2;1-3-4-5-2;1-2/h13-15,18-19,27,32,34-36,38,40-43,45-49,54,57,61H,8,16-17,20-26,28-31H2,1-7,9-12H3;7H,3-6H2,1-2H3;5-6H,4H2,1-3H3;5H,3-4H2,1-2H3;5H,3-4H2,1-2H3;1-2H3/b15-13+,18-14+,33-19+,37-27+;;;;;/t32-,34-,35-,36-,38-,40+,41?,42?,43?,45+,46+,47-,48-,49+,53-;;;;;/m1...../s1. The first-order valence-corrected chi connectivity index (χ1v) is 35.3. The molecule has 1 amide bonds. The molecule has 1 saturated carbocycles. The minimum atomic E-state index is -2.40. The molecular weight excluding hydrogens is 1210 g/mol. The fourth-order valence-corrected chi connectivity index (χ4v) is 11.8. The number of piperidine rings is 1. The van der Waals surface area contributed by atoms with Gasteiger partial charge in [0.25, 0.3) is 11.7 Å². The summed E-state index contributed by atoms with van der Waals surface area (Å²) in [5, 5.41) is 38.9. The van der Waals surface area contributed by atoms with E-state index in [0.29, 0.717) is 63.4 Å². The summed E-state index contributed by atoms with van der Waals surface area (Å²) in [6.45, 7) is 32.9. The molecule has 16 atom stereocenters. The van der Waals surface area contributed by atoms with Crippen molar-refractivity contribution in [3.8, 4) is 0 Å². The molecule has 7 N–H and O–H groups in total. The molecule has 3 heterocycles. The van der Waals surface area contributed by atoms with Crippen LogP contribution in [-0.4, -0.2) is 236 Å². The molecule has 0 aromatic rings. The molecule has 556 valence electrons. The molecule has 1 aliphatic carbocycles. The van der Waals surface area contributed by atoms with Gasteiger partial charge in [0.05, 0.1) is 50.8 Å². The maximum Gasteiger partial charge on any atom is 0.329 e. The number of nitrogens with one attached hydrogen (secondary N) is 5. The highest BCUT2D eigenvalue weighted by atomic mass is 16.6. The quantitative estimate of drug-likeness (QED) is 0.0245. The van der Waals surface area contributed by atoms with Crippen molar-refractivity contribution in [2.45, 2.75) is 220 Å². The molecule has 3 fully saturated rings. The minimum Gasteiger partial charge on any atom is -0.460 e. The van der Waals surface area contributed by atoms with Gasteiger partial charge in [-0.25, -0.2) is 4.79 Å². The molecule has 2 saturated heterocycles. The summed E-state index contributed by atoms with van der Waals surface area (Å²) >= 11 is 0. The van der Waals surface area contributed by atoms with Crippen LogP contribution in [0.5, 0.6) is 0 Å². The SMILES string of the molecule is C=C1[C@H](C)C[C@H](C)/C=C/C=C/C=C(\C)[C@@H](OC)CC2CC[C@@H](C)[C@@](O)(O2)C(=O)C(=O)N2CCCCC2C(=O)O[C@H]([C@H](C)C[C@@H]2CCC(NC)[C@H](OC)C2)CC(=O)[C@H](C)/C=C(\C)[C@@H](O)[C@H]1OC.CC.CCCNC.CNCC(C)OC.CNCCOC.CNCCOCCOC. The Hall–Kier alpha value is -3.62. The highest BCUT2D eigenvalue weighted by Gasteiger charge is 2.53. The number of hydrogen-bond acceptors (Lipinski definition) is 20. The summed E-state index contributed by atoms with van der Waals surface area (Å²) < 4.78 is 49.6. The number of nitrogens with zero attached hydrogens (tertiary/aromatic N) is 1. The van der Waals surface area contributed by atoms with Crippen LogP contribution in [0.1, 0.15) is 160 Å². The van der Waals surface area contributed by atoms with Crippen molar-refractivity contribution >= 4 is 23.4 Å². The van der Waals surface area contributed by atoms with Gasteiger partial charge >= 0.3 is 5.97 Å². The molecule has 4 rings (SSSR count). The monoisotopic (exact) mass is 1350 g/mol. The van der Waals surface area contributed by atoms with Crippen LogP contribution < -0.4 is 26.6 Å². The van der Waals surface area contributed by atoms with Crippen LogP contribution in [0.25, 0.3) is 0 Å². The molecule has 4 unspecified atom stereocenters. The third-order valence-corrected chi connectivity index (χ3v) is 18.0. The van der Waals surface area contributed by atoms with Gasteiger partial charge in [0.15, 0.2) is 0 Å². The first kappa shape index (κ1) is 93.4. The van der Waals surface area contributed by atoms with Crippen molar-refractivity contribution in [2.24, 2.45) is 35.5 Å². The number of hydrogen-bond donors (Lipinski definition) is 7. The number of cyclic esters (lactones) is 1. The lowest BCUT2D eigenvalue weighted by molar-refractivity contribution is -0.265. The van der Waals surface area contributed by atoms with Crippen LogP contribution >= 0.6 is 0 Å². The van der Waals surface area contributed by atoms with E-state index < -0.39 is 65.7 Å². The number of aliphatic hydroxyl groups is 2. The van der Waals surface area contributed by atoms with Crippen LogP contribution in [0, 0.1) is 35.5 Å². The Bertz CT molecular complexity index is 2140. The number of methoxy groups -OCH3 is 6. The summed E-state index contributed by atoms with van der Waals surface area (Å²) in [5.41, 5.74) is 2.24. The maximum atomic E-state index is 14.4. The average molecular weight is 1350 g/mol. The third-order valence-electron chi connectivity index (χ3n) is 18.0. The topological polar surface area (TPSA) is 255 Å². The van der Waals surface area contributed by atoms with Crippen molar-refractivity contribution in [3.05, 3.63) is 59.8 Å². The Morgan fingerprint density at radius 1 is 0.747 bits per heavy atom. The number of carbonyl (C=O) groups excluding carboxylic acids is 4. The zero-order chi connectivity index (χ0) is 72.5. The molecule has 0 aromatic carbocycles. The predicted molar refractivity (Wildman–Crippen MR) is 384 cm³/mol. The number of rotatable bonds is 21. The Labute approximate surface area is 577 Å². The number of amides is 1. The molecule has 21 nitrogen and oxygen atoms in total. The van der Waals surface area contributed by atoms with Crippen LogP contribution in [0.4, 0.5) is 0 Å². The van der Waals surface area contributed by atoms with Crippen molar-refractivity contribution in [3.63, 3.8) is 0 Å². The van der Waals surface area contributed by atoms with Gasteiger partial charge < -0.3 is 84.3 Å². The lowest BCUT2D eigenvalue weighted by Crippen LogP contribution is -2.61. The normalized spacial score (nSPS) is 30.8. The lowest BCUT2D eigenvalue weighted by Gasteiger charge is -2.42. The number of esters is 1. The number of fused-ring (bicyclic) bond motifs is 3. The van der Waals surface area contributed by atoms with Gasteiger partial charge in [0, 0.05) is 99.6 Å². The third kappa shape index (κ3) is 36.9. The Morgan fingerprint density at radius 3 is 1.94 bits per heavy atom. The molecule has 0 radical (unpaired) electrons. The lowest BCUT2D eigenvalue weighted by atomic mass is 9.77. The second kappa shape index (κ2) is 56.2. The van der Waals surface area contributed by atoms with Crippen LogP contribution in [-0.2, 0) is 61.8 Å². The first-order chi connectivity index (χ1) is 45.3. The van der Waals surface area contributed by atoms with Crippen LogP contribution in [0.2, 0.25) is 0 Å². The zero-order valence-electron chi connectivity index (χ0n) is 63.5. The van der Waals surface area contributed by atoms with Crippen molar-refractivity contribution < 1.29 is 72.0 Å². The summed E-state index contributed by atoms with van der Waals surface area (Å²) in [6.07, 6.45) is 16.6. The van der Waals surface area contributed by atoms with Gasteiger partial charge in [-0.1, -0.05) is 98.4 Å². The summed E-state index contributed by atoms with van der Waals surface area (Å²) in [4.78, 5) is 58.4. The van der Waals surface area contributed by atoms with Gasteiger partial charge in [-0.3, -0.25) is 14.4 Å². The van der Waals surface area contributed by atoms with Crippen LogP contribution in [0.3, 0.4) is 0 Å².